The van der Waals surface area contributed by atoms with Gasteiger partial charge in [-0.15, -0.1) is 0 Å². The minimum absolute atomic E-state index is 0.136. The zero-order chi connectivity index (χ0) is 17.1. The number of fused-ring (bicyclic) bond motifs is 2. The number of hydrogen-bond donors (Lipinski definition) is 0. The SMILES string of the molecule is CN(CCOc1cccc2c1OCCO2)[C@H]1COc2ccccc2O1. The molecule has 2 heterocycles. The van der Waals surface area contributed by atoms with Crippen molar-refractivity contribution in [3.63, 3.8) is 0 Å². The molecule has 25 heavy (non-hydrogen) atoms. The summed E-state index contributed by atoms with van der Waals surface area (Å²) in [4.78, 5) is 2.07. The van der Waals surface area contributed by atoms with Crippen LogP contribution in [0.15, 0.2) is 42.5 Å². The van der Waals surface area contributed by atoms with E-state index in [1.54, 1.807) is 0 Å². The second-order valence-electron chi connectivity index (χ2n) is 5.94. The van der Waals surface area contributed by atoms with E-state index in [-0.39, 0.29) is 6.23 Å². The molecular formula is C19H21NO5. The fourth-order valence-electron chi connectivity index (χ4n) is 2.83. The third kappa shape index (κ3) is 3.44. The minimum atomic E-state index is -0.136. The zero-order valence-electron chi connectivity index (χ0n) is 14.1. The van der Waals surface area contributed by atoms with Crippen molar-refractivity contribution in [2.75, 3.05) is 40.0 Å². The molecule has 0 fully saturated rings. The summed E-state index contributed by atoms with van der Waals surface area (Å²) in [5.74, 6) is 3.68. The maximum absolute atomic E-state index is 5.99. The smallest absolute Gasteiger partial charge is 0.203 e. The van der Waals surface area contributed by atoms with Gasteiger partial charge in [-0.1, -0.05) is 18.2 Å². The van der Waals surface area contributed by atoms with Crippen molar-refractivity contribution in [1.82, 2.24) is 4.90 Å². The van der Waals surface area contributed by atoms with Gasteiger partial charge in [-0.3, -0.25) is 4.90 Å². The quantitative estimate of drug-likeness (QED) is 0.832. The first-order valence-electron chi connectivity index (χ1n) is 8.41. The molecular weight excluding hydrogens is 322 g/mol. The molecule has 0 bridgehead atoms. The van der Waals surface area contributed by atoms with Crippen LogP contribution < -0.4 is 23.7 Å². The normalized spacial score (nSPS) is 18.1. The molecule has 2 aromatic carbocycles. The number of benzene rings is 2. The zero-order valence-corrected chi connectivity index (χ0v) is 14.1. The van der Waals surface area contributed by atoms with Crippen LogP contribution in [0, 0.1) is 0 Å². The number of nitrogens with zero attached hydrogens (tertiary/aromatic N) is 1. The first kappa shape index (κ1) is 15.9. The fourth-order valence-corrected chi connectivity index (χ4v) is 2.83. The van der Waals surface area contributed by atoms with Gasteiger partial charge in [0.1, 0.15) is 26.4 Å². The number of likely N-dealkylation sites (N-methyl/N-ethyl adjacent to an activating group) is 1. The van der Waals surface area contributed by atoms with Crippen LogP contribution in [0.25, 0.3) is 0 Å². The van der Waals surface area contributed by atoms with Gasteiger partial charge in [-0.05, 0) is 31.3 Å². The second kappa shape index (κ2) is 7.11. The van der Waals surface area contributed by atoms with Crippen LogP contribution in [0.4, 0.5) is 0 Å². The lowest BCUT2D eigenvalue weighted by molar-refractivity contribution is -0.0199. The highest BCUT2D eigenvalue weighted by Gasteiger charge is 2.24. The molecule has 0 aromatic heterocycles. The van der Waals surface area contributed by atoms with Gasteiger partial charge in [0.05, 0.1) is 0 Å². The number of rotatable bonds is 5. The lowest BCUT2D eigenvalue weighted by atomic mass is 10.3. The Bertz CT molecular complexity index is 736. The Morgan fingerprint density at radius 2 is 1.76 bits per heavy atom. The molecule has 0 saturated carbocycles. The highest BCUT2D eigenvalue weighted by molar-refractivity contribution is 5.51. The van der Waals surface area contributed by atoms with E-state index in [2.05, 4.69) is 4.90 Å². The Hall–Kier alpha value is -2.60. The lowest BCUT2D eigenvalue weighted by Crippen LogP contribution is -2.44. The van der Waals surface area contributed by atoms with Gasteiger partial charge >= 0.3 is 0 Å². The summed E-state index contributed by atoms with van der Waals surface area (Å²) in [5, 5.41) is 0. The molecule has 2 aliphatic rings. The highest BCUT2D eigenvalue weighted by atomic mass is 16.6. The molecule has 6 heteroatoms. The van der Waals surface area contributed by atoms with Crippen molar-refractivity contribution in [2.45, 2.75) is 6.23 Å². The van der Waals surface area contributed by atoms with Crippen LogP contribution in [0.5, 0.6) is 28.7 Å². The van der Waals surface area contributed by atoms with Crippen molar-refractivity contribution < 1.29 is 23.7 Å². The Morgan fingerprint density at radius 3 is 2.68 bits per heavy atom. The molecule has 4 rings (SSSR count). The minimum Gasteiger partial charge on any atom is -0.488 e. The van der Waals surface area contributed by atoms with E-state index in [1.165, 1.54) is 0 Å². The predicted octanol–water partition coefficient (Wildman–Crippen LogP) is 2.57. The van der Waals surface area contributed by atoms with E-state index in [1.807, 2.05) is 49.5 Å². The maximum atomic E-state index is 5.99. The summed E-state index contributed by atoms with van der Waals surface area (Å²) in [5.41, 5.74) is 0. The summed E-state index contributed by atoms with van der Waals surface area (Å²) < 4.78 is 28.9. The van der Waals surface area contributed by atoms with E-state index in [0.717, 1.165) is 17.2 Å². The molecule has 1 atom stereocenters. The van der Waals surface area contributed by atoms with E-state index >= 15 is 0 Å². The number of para-hydroxylation sites is 3. The van der Waals surface area contributed by atoms with Gasteiger partial charge in [0, 0.05) is 6.54 Å². The van der Waals surface area contributed by atoms with Crippen molar-refractivity contribution in [2.24, 2.45) is 0 Å². The van der Waals surface area contributed by atoms with Crippen molar-refractivity contribution in [3.05, 3.63) is 42.5 Å². The lowest BCUT2D eigenvalue weighted by Gasteiger charge is -2.32. The Morgan fingerprint density at radius 1 is 0.960 bits per heavy atom. The predicted molar refractivity (Wildman–Crippen MR) is 91.9 cm³/mol. The first-order valence-corrected chi connectivity index (χ1v) is 8.41. The highest BCUT2D eigenvalue weighted by Crippen LogP contribution is 2.39. The van der Waals surface area contributed by atoms with Crippen molar-refractivity contribution >= 4 is 0 Å². The molecule has 2 aromatic rings. The summed E-state index contributed by atoms with van der Waals surface area (Å²) in [7, 11) is 1.99. The molecule has 0 saturated heterocycles. The van der Waals surface area contributed by atoms with Crippen LogP contribution in [0.2, 0.25) is 0 Å². The molecule has 0 unspecified atom stereocenters. The van der Waals surface area contributed by atoms with Crippen LogP contribution in [-0.4, -0.2) is 51.1 Å². The van der Waals surface area contributed by atoms with Gasteiger partial charge in [0.2, 0.25) is 5.75 Å². The second-order valence-corrected chi connectivity index (χ2v) is 5.94. The van der Waals surface area contributed by atoms with Gasteiger partial charge in [-0.25, -0.2) is 0 Å². The van der Waals surface area contributed by atoms with E-state index < -0.39 is 0 Å². The third-order valence-corrected chi connectivity index (χ3v) is 4.22. The Labute approximate surface area is 146 Å². The van der Waals surface area contributed by atoms with Crippen LogP contribution in [0.3, 0.4) is 0 Å². The standard InChI is InChI=1S/C19H21NO5/c1-20(18-13-24-14-5-2-3-6-15(14)25-18)9-10-21-16-7-4-8-17-19(16)23-12-11-22-17/h2-8,18H,9-13H2,1H3/t18-/m1/s1. The largest absolute Gasteiger partial charge is 0.488 e. The summed E-state index contributed by atoms with van der Waals surface area (Å²) in [6, 6.07) is 13.4. The van der Waals surface area contributed by atoms with Crippen LogP contribution >= 0.6 is 0 Å². The topological polar surface area (TPSA) is 49.4 Å². The molecule has 2 aliphatic heterocycles. The average molecular weight is 343 g/mol. The molecule has 132 valence electrons. The van der Waals surface area contributed by atoms with Gasteiger partial charge in [0.15, 0.2) is 29.2 Å². The van der Waals surface area contributed by atoms with Gasteiger partial charge < -0.3 is 23.7 Å². The maximum Gasteiger partial charge on any atom is 0.203 e. The fraction of sp³-hybridized carbons (Fsp3) is 0.368. The van der Waals surface area contributed by atoms with E-state index in [0.29, 0.717) is 44.5 Å². The first-order chi connectivity index (χ1) is 12.3. The summed E-state index contributed by atoms with van der Waals surface area (Å²) in [6.45, 7) is 2.81. The molecule has 0 aliphatic carbocycles. The Kier molecular flexibility index (Phi) is 4.52. The van der Waals surface area contributed by atoms with E-state index in [9.17, 15) is 0 Å². The van der Waals surface area contributed by atoms with E-state index in [4.69, 9.17) is 23.7 Å². The molecule has 0 radical (unpaired) electrons. The van der Waals surface area contributed by atoms with Gasteiger partial charge in [0.25, 0.3) is 0 Å². The van der Waals surface area contributed by atoms with Crippen molar-refractivity contribution in [1.29, 1.82) is 0 Å². The number of hydrogen-bond acceptors (Lipinski definition) is 6. The number of ether oxygens (including phenoxy) is 5. The average Bonchev–Trinajstić information content (AvgIpc) is 2.67. The summed E-state index contributed by atoms with van der Waals surface area (Å²) in [6.07, 6.45) is -0.136. The van der Waals surface area contributed by atoms with Gasteiger partial charge in [-0.2, -0.15) is 0 Å². The van der Waals surface area contributed by atoms with Crippen molar-refractivity contribution in [3.8, 4) is 28.7 Å². The molecule has 0 spiro atoms. The van der Waals surface area contributed by atoms with Crippen LogP contribution in [-0.2, 0) is 0 Å². The Balaban J connectivity index is 1.32. The monoisotopic (exact) mass is 343 g/mol. The third-order valence-electron chi connectivity index (χ3n) is 4.22. The molecule has 0 N–H and O–H groups in total. The molecule has 0 amide bonds. The summed E-state index contributed by atoms with van der Waals surface area (Å²) >= 11 is 0. The van der Waals surface area contributed by atoms with Crippen LogP contribution in [0.1, 0.15) is 0 Å². The molecule has 6 nitrogen and oxygen atoms in total.